The maximum absolute atomic E-state index is 10.2. The summed E-state index contributed by atoms with van der Waals surface area (Å²) >= 11 is 13.5. The molecule has 0 spiro atoms. The van der Waals surface area contributed by atoms with Gasteiger partial charge in [0.05, 0.1) is 6.10 Å². The van der Waals surface area contributed by atoms with Crippen molar-refractivity contribution < 1.29 is 5.11 Å². The van der Waals surface area contributed by atoms with Crippen molar-refractivity contribution in [2.45, 2.75) is 19.4 Å². The Hall–Kier alpha value is -0.540. The molecule has 0 aliphatic carbocycles. The molecule has 1 aromatic carbocycles. The van der Waals surface area contributed by atoms with E-state index in [1.54, 1.807) is 23.5 Å². The van der Waals surface area contributed by atoms with Crippen molar-refractivity contribution in [1.82, 2.24) is 0 Å². The minimum atomic E-state index is -0.514. The summed E-state index contributed by atoms with van der Waals surface area (Å²) < 4.78 is 0. The number of rotatable bonds is 3. The molecule has 0 aliphatic rings. The van der Waals surface area contributed by atoms with Crippen LogP contribution in [-0.4, -0.2) is 5.11 Å². The third-order valence-electron chi connectivity index (χ3n) is 2.68. The molecular weight excluding hydrogens is 275 g/mol. The van der Waals surface area contributed by atoms with Gasteiger partial charge in [0.2, 0.25) is 0 Å². The monoisotopic (exact) mass is 286 g/mol. The topological polar surface area (TPSA) is 20.2 Å². The SMILES string of the molecule is Cc1cscc1C(O)Cc1ccc(Cl)cc1Cl. The van der Waals surface area contributed by atoms with Gasteiger partial charge in [-0.25, -0.2) is 0 Å². The van der Waals surface area contributed by atoms with E-state index in [9.17, 15) is 5.11 Å². The molecule has 0 amide bonds. The summed E-state index contributed by atoms with van der Waals surface area (Å²) in [6.07, 6.45) is -0.00644. The van der Waals surface area contributed by atoms with E-state index in [4.69, 9.17) is 23.2 Å². The Morgan fingerprint density at radius 1 is 1.29 bits per heavy atom. The van der Waals surface area contributed by atoms with Crippen LogP contribution in [0.15, 0.2) is 29.0 Å². The molecule has 1 unspecified atom stereocenters. The van der Waals surface area contributed by atoms with Crippen LogP contribution in [0.2, 0.25) is 10.0 Å². The molecule has 1 aromatic heterocycles. The Balaban J connectivity index is 2.19. The second kappa shape index (κ2) is 5.40. The van der Waals surface area contributed by atoms with Gasteiger partial charge in [-0.2, -0.15) is 11.3 Å². The van der Waals surface area contributed by atoms with Gasteiger partial charge in [0.1, 0.15) is 0 Å². The Morgan fingerprint density at radius 3 is 2.65 bits per heavy atom. The summed E-state index contributed by atoms with van der Waals surface area (Å²) in [4.78, 5) is 0. The zero-order valence-electron chi connectivity index (χ0n) is 9.28. The molecule has 1 heterocycles. The number of aryl methyl sites for hydroxylation is 1. The fourth-order valence-corrected chi connectivity index (χ4v) is 3.10. The molecule has 0 bridgehead atoms. The third kappa shape index (κ3) is 3.02. The molecule has 0 fully saturated rings. The van der Waals surface area contributed by atoms with Gasteiger partial charge in [0, 0.05) is 16.5 Å². The van der Waals surface area contributed by atoms with E-state index in [0.717, 1.165) is 16.7 Å². The molecule has 2 rings (SSSR count). The van der Waals surface area contributed by atoms with Crippen LogP contribution in [-0.2, 0) is 6.42 Å². The average molecular weight is 287 g/mol. The number of aliphatic hydroxyl groups excluding tert-OH is 1. The number of halogens is 2. The lowest BCUT2D eigenvalue weighted by atomic mass is 10.0. The van der Waals surface area contributed by atoms with Crippen molar-refractivity contribution in [3.8, 4) is 0 Å². The maximum atomic E-state index is 10.2. The molecule has 2 aromatic rings. The highest BCUT2D eigenvalue weighted by molar-refractivity contribution is 7.08. The standard InChI is InChI=1S/C13H12Cl2OS/c1-8-6-17-7-11(8)13(16)4-9-2-3-10(14)5-12(9)15/h2-3,5-7,13,16H,4H2,1H3. The van der Waals surface area contributed by atoms with Gasteiger partial charge in [-0.1, -0.05) is 29.3 Å². The van der Waals surface area contributed by atoms with Crippen molar-refractivity contribution in [1.29, 1.82) is 0 Å². The number of aliphatic hydroxyl groups is 1. The van der Waals surface area contributed by atoms with Gasteiger partial charge < -0.3 is 5.11 Å². The molecule has 1 atom stereocenters. The van der Waals surface area contributed by atoms with Gasteiger partial charge in [-0.15, -0.1) is 0 Å². The quantitative estimate of drug-likeness (QED) is 0.872. The molecule has 0 saturated carbocycles. The highest BCUT2D eigenvalue weighted by Crippen LogP contribution is 2.28. The molecule has 17 heavy (non-hydrogen) atoms. The molecule has 0 saturated heterocycles. The number of hydrogen-bond donors (Lipinski definition) is 1. The first-order chi connectivity index (χ1) is 8.08. The number of thiophene rings is 1. The lowest BCUT2D eigenvalue weighted by Crippen LogP contribution is -2.02. The van der Waals surface area contributed by atoms with Gasteiger partial charge in [-0.05, 0) is 46.5 Å². The average Bonchev–Trinajstić information content (AvgIpc) is 2.68. The van der Waals surface area contributed by atoms with E-state index in [-0.39, 0.29) is 0 Å². The van der Waals surface area contributed by atoms with Gasteiger partial charge in [0.15, 0.2) is 0 Å². The second-order valence-electron chi connectivity index (χ2n) is 3.97. The minimum absolute atomic E-state index is 0.508. The molecular formula is C13H12Cl2OS. The summed E-state index contributed by atoms with van der Waals surface area (Å²) in [6, 6.07) is 5.34. The van der Waals surface area contributed by atoms with Gasteiger partial charge in [-0.3, -0.25) is 0 Å². The minimum Gasteiger partial charge on any atom is -0.388 e. The first kappa shape index (κ1) is 12.9. The molecule has 4 heteroatoms. The smallest absolute Gasteiger partial charge is 0.0841 e. The highest BCUT2D eigenvalue weighted by atomic mass is 35.5. The van der Waals surface area contributed by atoms with Crippen molar-refractivity contribution in [3.05, 3.63) is 55.7 Å². The molecule has 90 valence electrons. The third-order valence-corrected chi connectivity index (χ3v) is 4.15. The van der Waals surface area contributed by atoms with Crippen LogP contribution in [0.4, 0.5) is 0 Å². The van der Waals surface area contributed by atoms with Crippen molar-refractivity contribution in [3.63, 3.8) is 0 Å². The lowest BCUT2D eigenvalue weighted by molar-refractivity contribution is 0.178. The van der Waals surface area contributed by atoms with E-state index in [2.05, 4.69) is 0 Å². The summed E-state index contributed by atoms with van der Waals surface area (Å²) in [5, 5.41) is 15.4. The Labute approximate surface area is 115 Å². The van der Waals surface area contributed by atoms with Crippen LogP contribution in [0.3, 0.4) is 0 Å². The van der Waals surface area contributed by atoms with E-state index in [0.29, 0.717) is 16.5 Å². The zero-order valence-corrected chi connectivity index (χ0v) is 11.6. The van der Waals surface area contributed by atoms with Crippen LogP contribution in [0.1, 0.15) is 22.8 Å². The van der Waals surface area contributed by atoms with E-state index in [1.165, 1.54) is 0 Å². The van der Waals surface area contributed by atoms with Crippen molar-refractivity contribution in [2.75, 3.05) is 0 Å². The van der Waals surface area contributed by atoms with Crippen molar-refractivity contribution in [2.24, 2.45) is 0 Å². The summed E-state index contributed by atoms with van der Waals surface area (Å²) in [6.45, 7) is 2.00. The fourth-order valence-electron chi connectivity index (χ4n) is 1.72. The van der Waals surface area contributed by atoms with E-state index < -0.39 is 6.10 Å². The predicted molar refractivity (Wildman–Crippen MR) is 74.2 cm³/mol. The number of benzene rings is 1. The number of hydrogen-bond acceptors (Lipinski definition) is 2. The Kier molecular flexibility index (Phi) is 4.10. The molecule has 1 nitrogen and oxygen atoms in total. The molecule has 1 N–H and O–H groups in total. The van der Waals surface area contributed by atoms with Gasteiger partial charge >= 0.3 is 0 Å². The normalized spacial score (nSPS) is 12.7. The van der Waals surface area contributed by atoms with E-state index >= 15 is 0 Å². The Bertz CT molecular complexity index is 522. The van der Waals surface area contributed by atoms with Crippen LogP contribution < -0.4 is 0 Å². The van der Waals surface area contributed by atoms with Crippen molar-refractivity contribution >= 4 is 34.5 Å². The largest absolute Gasteiger partial charge is 0.388 e. The van der Waals surface area contributed by atoms with Crippen LogP contribution in [0.5, 0.6) is 0 Å². The van der Waals surface area contributed by atoms with Crippen LogP contribution in [0, 0.1) is 6.92 Å². The Morgan fingerprint density at radius 2 is 2.06 bits per heavy atom. The summed E-state index contributed by atoms with van der Waals surface area (Å²) in [7, 11) is 0. The first-order valence-electron chi connectivity index (χ1n) is 5.22. The highest BCUT2D eigenvalue weighted by Gasteiger charge is 2.13. The van der Waals surface area contributed by atoms with Crippen LogP contribution in [0.25, 0.3) is 0 Å². The lowest BCUT2D eigenvalue weighted by Gasteiger charge is -2.12. The zero-order chi connectivity index (χ0) is 12.4. The fraction of sp³-hybridized carbons (Fsp3) is 0.231. The first-order valence-corrected chi connectivity index (χ1v) is 6.92. The molecule has 0 radical (unpaired) electrons. The molecule has 0 aliphatic heterocycles. The van der Waals surface area contributed by atoms with Gasteiger partial charge in [0.25, 0.3) is 0 Å². The summed E-state index contributed by atoms with van der Waals surface area (Å²) in [5.74, 6) is 0. The second-order valence-corrected chi connectivity index (χ2v) is 5.55. The predicted octanol–water partition coefficient (Wildman–Crippen LogP) is 4.64. The summed E-state index contributed by atoms with van der Waals surface area (Å²) in [5.41, 5.74) is 3.00. The van der Waals surface area contributed by atoms with Crippen LogP contribution >= 0.6 is 34.5 Å². The maximum Gasteiger partial charge on any atom is 0.0841 e. The van der Waals surface area contributed by atoms with E-state index in [1.807, 2.05) is 23.8 Å².